The van der Waals surface area contributed by atoms with Gasteiger partial charge < -0.3 is 4.42 Å². The van der Waals surface area contributed by atoms with Gasteiger partial charge in [-0.2, -0.15) is 0 Å². The standard InChI is InChI=1S/C48H33N3.C45H27N3S.C39H23N3O/c1-48(2)41-23-12-11-22-39(41)43-38-21-10-9-20-37(38)42-36-26-24-33(28-34(36)25-27-40(42)44(43)48)32-18-13-19-35(29-32)47-50-45(30-14-5-3-6-15-30)49-46(51-47)31-16-7-4-8-17-31;1-3-13-28(14-4-1)43-46-44(29-15-5-2-6-16-29)48-45(47-43)36-20-10-7-17-32(36)30-23-25-33-31(27-30)24-26-38-40(33)34-18-8-9-19-35(34)41-37-21-11-12-22-39(37)49-42(38)41;1-3-11-24(12-4-1)37-40-38(25-13-5-2-6-14-25)42-39(41-37)27-20-21-28-26(23-27)19-22-32-34(28)29-15-7-8-16-30(29)36-35(32)31-17-9-10-18-33(31)43-36/h3-29H,1-2H3;1-27H;1-23H. The fourth-order valence-corrected chi connectivity index (χ4v) is 23.1. The summed E-state index contributed by atoms with van der Waals surface area (Å²) >= 11 is 1.89. The number of furan rings is 1. The topological polar surface area (TPSA) is 129 Å². The average Bonchev–Trinajstić information content (AvgIpc) is 1.54. The van der Waals surface area contributed by atoms with E-state index in [-0.39, 0.29) is 5.41 Å². The Hall–Kier alpha value is -18.6. The van der Waals surface area contributed by atoms with Crippen LogP contribution in [-0.4, -0.2) is 44.9 Å². The summed E-state index contributed by atoms with van der Waals surface area (Å²) in [6.07, 6.45) is 0. The Kier molecular flexibility index (Phi) is 20.2. The van der Waals surface area contributed by atoms with Crippen LogP contribution in [0.15, 0.2) is 472 Å². The van der Waals surface area contributed by atoms with Crippen molar-refractivity contribution in [3.63, 3.8) is 0 Å². The van der Waals surface area contributed by atoms with Crippen LogP contribution in [0.2, 0.25) is 0 Å². The second kappa shape index (κ2) is 34.6. The van der Waals surface area contributed by atoms with E-state index in [0.29, 0.717) is 52.4 Å². The minimum atomic E-state index is -0.0992. The van der Waals surface area contributed by atoms with Crippen molar-refractivity contribution in [2.24, 2.45) is 0 Å². The Morgan fingerprint density at radius 2 is 0.524 bits per heavy atom. The maximum absolute atomic E-state index is 6.44. The van der Waals surface area contributed by atoms with E-state index in [0.717, 1.165) is 105 Å². The number of thiophene rings is 1. The number of rotatable bonds is 11. The molecule has 28 aromatic rings. The Morgan fingerprint density at radius 1 is 0.196 bits per heavy atom. The molecule has 10 nitrogen and oxygen atoms in total. The smallest absolute Gasteiger partial charge is 0.164 e. The molecule has 1 aliphatic carbocycles. The van der Waals surface area contributed by atoms with Gasteiger partial charge in [0.05, 0.1) is 0 Å². The van der Waals surface area contributed by atoms with E-state index < -0.39 is 0 Å². The molecule has 1 aliphatic rings. The second-order valence-electron chi connectivity index (χ2n) is 37.2. The number of hydrogen-bond acceptors (Lipinski definition) is 11. The van der Waals surface area contributed by atoms with E-state index in [4.69, 9.17) is 49.3 Å². The Morgan fingerprint density at radius 3 is 1.06 bits per heavy atom. The van der Waals surface area contributed by atoms with Crippen molar-refractivity contribution < 1.29 is 4.42 Å². The molecule has 0 N–H and O–H groups in total. The SMILES string of the molecule is CC1(C)c2ccccc2-c2c1c1ccc3cc(-c4cccc(-c5nc(-c6ccccc6)nc(-c6ccccc6)n5)c4)ccc3c1c1ccccc21.c1ccc(-c2nc(-c3ccccc3)nc(-c3ccc4c(ccc5c4c4ccccc4c4oc6ccccc6c54)c3)n2)cc1.c1ccc(-c2nc(-c3ccccc3)nc(-c3ccccc3-c3ccc4c(ccc5c6sc7ccccc7c6c6ccccc6c45)c3)n2)cc1. The zero-order valence-corrected chi connectivity index (χ0v) is 78.6. The maximum Gasteiger partial charge on any atom is 0.164 e. The van der Waals surface area contributed by atoms with Crippen molar-refractivity contribution in [2.45, 2.75) is 19.3 Å². The van der Waals surface area contributed by atoms with Gasteiger partial charge in [0, 0.05) is 97.2 Å². The van der Waals surface area contributed by atoms with Gasteiger partial charge in [0.1, 0.15) is 11.2 Å². The highest BCUT2D eigenvalue weighted by Crippen LogP contribution is 2.57. The number of fused-ring (bicyclic) bond motifs is 30. The van der Waals surface area contributed by atoms with Crippen molar-refractivity contribution in [1.29, 1.82) is 0 Å². The predicted molar refractivity (Wildman–Crippen MR) is 595 cm³/mol. The first-order valence-corrected chi connectivity index (χ1v) is 49.2. The van der Waals surface area contributed by atoms with Gasteiger partial charge in [0.2, 0.25) is 0 Å². The van der Waals surface area contributed by atoms with Gasteiger partial charge in [0.15, 0.2) is 52.4 Å². The predicted octanol–water partition coefficient (Wildman–Crippen LogP) is 34.9. The molecule has 0 spiro atoms. The third-order valence-corrected chi connectivity index (χ3v) is 29.6. The van der Waals surface area contributed by atoms with Gasteiger partial charge in [-0.15, -0.1) is 11.3 Å². The molecule has 0 fully saturated rings. The maximum atomic E-state index is 6.44. The molecule has 0 amide bonds. The first-order valence-electron chi connectivity index (χ1n) is 48.4. The third kappa shape index (κ3) is 14.5. The van der Waals surface area contributed by atoms with Gasteiger partial charge in [-0.25, -0.2) is 44.9 Å². The summed E-state index contributed by atoms with van der Waals surface area (Å²) in [4.78, 5) is 44.6. The number of nitrogens with zero attached hydrogens (tertiary/aromatic N) is 9. The fourth-order valence-electron chi connectivity index (χ4n) is 21.8. The Labute approximate surface area is 827 Å². The van der Waals surface area contributed by atoms with E-state index in [1.165, 1.54) is 129 Å². The molecular weight excluding hydrogens is 1760 g/mol. The molecule has 0 aliphatic heterocycles. The summed E-state index contributed by atoms with van der Waals surface area (Å²) in [7, 11) is 0. The molecule has 0 saturated carbocycles. The molecule has 11 heteroatoms. The molecule has 668 valence electrons. The number of para-hydroxylation sites is 1. The van der Waals surface area contributed by atoms with Crippen LogP contribution in [0.3, 0.4) is 0 Å². The average molecular weight is 1840 g/mol. The van der Waals surface area contributed by atoms with Crippen LogP contribution in [0.5, 0.6) is 0 Å². The molecule has 5 aromatic heterocycles. The summed E-state index contributed by atoms with van der Waals surface area (Å²) in [5, 5.41) is 27.5. The molecule has 0 radical (unpaired) electrons. The molecule has 143 heavy (non-hydrogen) atoms. The minimum Gasteiger partial charge on any atom is -0.455 e. The highest BCUT2D eigenvalue weighted by molar-refractivity contribution is 7.27. The normalized spacial score (nSPS) is 12.2. The lowest BCUT2D eigenvalue weighted by atomic mass is 9.78. The minimum absolute atomic E-state index is 0.0992. The van der Waals surface area contributed by atoms with Crippen molar-refractivity contribution in [2.75, 3.05) is 0 Å². The number of benzene rings is 23. The molecule has 29 rings (SSSR count). The van der Waals surface area contributed by atoms with E-state index >= 15 is 0 Å². The zero-order chi connectivity index (χ0) is 94.7. The van der Waals surface area contributed by atoms with E-state index in [1.54, 1.807) is 0 Å². The Bertz CT molecular complexity index is 9840. The van der Waals surface area contributed by atoms with Crippen molar-refractivity contribution in [3.8, 4) is 136 Å². The van der Waals surface area contributed by atoms with E-state index in [9.17, 15) is 0 Å². The highest BCUT2D eigenvalue weighted by Gasteiger charge is 2.39. The van der Waals surface area contributed by atoms with Gasteiger partial charge in [-0.05, 0) is 167 Å². The molecule has 23 aromatic carbocycles. The second-order valence-corrected chi connectivity index (χ2v) is 38.2. The quantitative estimate of drug-likeness (QED) is 0.115. The summed E-state index contributed by atoms with van der Waals surface area (Å²) in [5.41, 5.74) is 20.4. The molecular formula is C132H83N9OS. The van der Waals surface area contributed by atoms with Gasteiger partial charge in [-0.3, -0.25) is 0 Å². The van der Waals surface area contributed by atoms with Gasteiger partial charge in [-0.1, -0.05) is 445 Å². The van der Waals surface area contributed by atoms with Gasteiger partial charge in [0.25, 0.3) is 0 Å². The third-order valence-electron chi connectivity index (χ3n) is 28.4. The van der Waals surface area contributed by atoms with Crippen LogP contribution < -0.4 is 0 Å². The summed E-state index contributed by atoms with van der Waals surface area (Å²) in [6, 6.07) is 164. The molecule has 0 unspecified atom stereocenters. The van der Waals surface area contributed by atoms with Crippen LogP contribution in [0.4, 0.5) is 0 Å². The fraction of sp³-hybridized carbons (Fsp3) is 0.0227. The van der Waals surface area contributed by atoms with Crippen LogP contribution in [0, 0.1) is 0 Å². The monoisotopic (exact) mass is 1840 g/mol. The summed E-state index contributed by atoms with van der Waals surface area (Å²) in [5.74, 6) is 5.90. The van der Waals surface area contributed by atoms with Crippen molar-refractivity contribution >= 4 is 150 Å². The lowest BCUT2D eigenvalue weighted by molar-refractivity contribution is 0.666. The van der Waals surface area contributed by atoms with Crippen molar-refractivity contribution in [3.05, 3.63) is 478 Å². The summed E-state index contributed by atoms with van der Waals surface area (Å²) < 4.78 is 9.11. The number of hydrogen-bond donors (Lipinski definition) is 0. The largest absolute Gasteiger partial charge is 0.455 e. The van der Waals surface area contributed by atoms with Gasteiger partial charge >= 0.3 is 0 Å². The van der Waals surface area contributed by atoms with Crippen LogP contribution >= 0.6 is 11.3 Å². The Balaban J connectivity index is 0.000000107. The van der Waals surface area contributed by atoms with E-state index in [1.807, 2.05) is 205 Å². The number of aromatic nitrogens is 9. The van der Waals surface area contributed by atoms with Crippen LogP contribution in [0.25, 0.3) is 275 Å². The lowest BCUT2D eigenvalue weighted by Gasteiger charge is -2.24. The van der Waals surface area contributed by atoms with Crippen LogP contribution in [0.1, 0.15) is 25.0 Å². The molecule has 0 bridgehead atoms. The molecule has 0 saturated heterocycles. The molecule has 5 heterocycles. The first-order chi connectivity index (χ1) is 70.7. The first kappa shape index (κ1) is 83.8. The van der Waals surface area contributed by atoms with E-state index in [2.05, 4.69) is 287 Å². The van der Waals surface area contributed by atoms with Crippen molar-refractivity contribution in [1.82, 2.24) is 44.9 Å². The molecule has 0 atom stereocenters. The summed E-state index contributed by atoms with van der Waals surface area (Å²) in [6.45, 7) is 4.76. The highest BCUT2D eigenvalue weighted by atomic mass is 32.1. The zero-order valence-electron chi connectivity index (χ0n) is 77.8. The lowest BCUT2D eigenvalue weighted by Crippen LogP contribution is -2.15. The van der Waals surface area contributed by atoms with Crippen LogP contribution in [-0.2, 0) is 5.41 Å².